The van der Waals surface area contributed by atoms with Crippen LogP contribution in [0.1, 0.15) is 29.6 Å². The lowest BCUT2D eigenvalue weighted by atomic mass is 10.0. The van der Waals surface area contributed by atoms with Crippen molar-refractivity contribution < 1.29 is 23.1 Å². The van der Waals surface area contributed by atoms with Crippen molar-refractivity contribution in [2.24, 2.45) is 0 Å². The van der Waals surface area contributed by atoms with Gasteiger partial charge in [-0.2, -0.15) is 0 Å². The Balaban J connectivity index is 1.37. The molecule has 8 heteroatoms. The van der Waals surface area contributed by atoms with Gasteiger partial charge in [-0.15, -0.1) is 0 Å². The number of rotatable bonds is 8. The molecule has 1 fully saturated rings. The van der Waals surface area contributed by atoms with E-state index < -0.39 is 18.0 Å². The molecule has 7 nitrogen and oxygen atoms in total. The fourth-order valence-corrected chi connectivity index (χ4v) is 3.87. The fourth-order valence-electron chi connectivity index (χ4n) is 3.87. The predicted molar refractivity (Wildman–Crippen MR) is 127 cm³/mol. The quantitative estimate of drug-likeness (QED) is 0.513. The minimum absolute atomic E-state index is 0.200. The lowest BCUT2D eigenvalue weighted by Gasteiger charge is -2.15. The van der Waals surface area contributed by atoms with Crippen molar-refractivity contribution in [3.63, 3.8) is 0 Å². The van der Waals surface area contributed by atoms with Crippen LogP contribution in [0.5, 0.6) is 0 Å². The van der Waals surface area contributed by atoms with Gasteiger partial charge in [0.15, 0.2) is 0 Å². The van der Waals surface area contributed by atoms with E-state index in [4.69, 9.17) is 9.15 Å². The van der Waals surface area contributed by atoms with Gasteiger partial charge in [-0.3, -0.25) is 9.69 Å². The van der Waals surface area contributed by atoms with Gasteiger partial charge in [0, 0.05) is 19.0 Å². The second-order valence-corrected chi connectivity index (χ2v) is 8.47. The van der Waals surface area contributed by atoms with Gasteiger partial charge in [-0.05, 0) is 54.8 Å². The molecule has 1 aromatic heterocycles. The van der Waals surface area contributed by atoms with Crippen LogP contribution in [0, 0.1) is 19.7 Å². The van der Waals surface area contributed by atoms with Crippen molar-refractivity contribution in [1.82, 2.24) is 10.6 Å². The van der Waals surface area contributed by atoms with Crippen LogP contribution in [0.4, 0.5) is 14.9 Å². The Hall–Kier alpha value is -3.65. The monoisotopic (exact) mass is 465 g/mol. The molecule has 178 valence electrons. The first-order valence-electron chi connectivity index (χ1n) is 11.2. The van der Waals surface area contributed by atoms with Crippen molar-refractivity contribution in [1.29, 1.82) is 0 Å². The van der Waals surface area contributed by atoms with Gasteiger partial charge in [-0.25, -0.2) is 9.18 Å². The maximum absolute atomic E-state index is 14.9. The third-order valence-corrected chi connectivity index (χ3v) is 5.83. The molecule has 0 bridgehead atoms. The van der Waals surface area contributed by atoms with Gasteiger partial charge in [0.25, 0.3) is 0 Å². The van der Waals surface area contributed by atoms with Gasteiger partial charge in [-0.1, -0.05) is 24.3 Å². The Morgan fingerprint density at radius 1 is 1.12 bits per heavy atom. The molecule has 1 aliphatic heterocycles. The zero-order chi connectivity index (χ0) is 24.2. The third kappa shape index (κ3) is 5.46. The second-order valence-electron chi connectivity index (χ2n) is 8.47. The number of furan rings is 1. The van der Waals surface area contributed by atoms with Crippen LogP contribution in [0.2, 0.25) is 0 Å². The molecule has 34 heavy (non-hydrogen) atoms. The summed E-state index contributed by atoms with van der Waals surface area (Å²) >= 11 is 0. The van der Waals surface area contributed by atoms with Crippen molar-refractivity contribution in [2.45, 2.75) is 40.0 Å². The molecule has 0 radical (unpaired) electrons. The van der Waals surface area contributed by atoms with E-state index in [2.05, 4.69) is 10.6 Å². The van der Waals surface area contributed by atoms with Crippen molar-refractivity contribution in [2.75, 3.05) is 18.0 Å². The standard InChI is InChI=1S/C26H28FN3O4/c1-16-10-22(33-17(16)2)13-28-12-19-4-6-20(7-5-19)24-9-8-21(11-25(24)27)30-15-23(34-26(30)32)14-29-18(3)31/h4-11,23,28H,12-15H2,1-3H3,(H,29,31)/t23-/m0/s1. The summed E-state index contributed by atoms with van der Waals surface area (Å²) in [5.74, 6) is 1.21. The van der Waals surface area contributed by atoms with Crippen molar-refractivity contribution in [3.8, 4) is 11.1 Å². The highest BCUT2D eigenvalue weighted by molar-refractivity contribution is 5.90. The molecule has 1 aliphatic rings. The molecule has 2 heterocycles. The summed E-state index contributed by atoms with van der Waals surface area (Å²) in [5, 5.41) is 5.97. The van der Waals surface area contributed by atoms with Gasteiger partial charge in [0.05, 0.1) is 25.3 Å². The zero-order valence-electron chi connectivity index (χ0n) is 19.5. The van der Waals surface area contributed by atoms with Gasteiger partial charge in [0.1, 0.15) is 23.4 Å². The molecule has 1 atom stereocenters. The number of nitrogens with one attached hydrogen (secondary N) is 2. The van der Waals surface area contributed by atoms with Gasteiger partial charge in [0.2, 0.25) is 5.91 Å². The number of amides is 2. The smallest absolute Gasteiger partial charge is 0.414 e. The molecular formula is C26H28FN3O4. The molecule has 0 spiro atoms. The fraction of sp³-hybridized carbons (Fsp3) is 0.308. The maximum Gasteiger partial charge on any atom is 0.414 e. The summed E-state index contributed by atoms with van der Waals surface area (Å²) in [6, 6.07) is 14.4. The molecule has 0 saturated carbocycles. The highest BCUT2D eigenvalue weighted by Gasteiger charge is 2.32. The number of halogens is 1. The Morgan fingerprint density at radius 2 is 1.88 bits per heavy atom. The van der Waals surface area contributed by atoms with Crippen molar-refractivity contribution >= 4 is 17.7 Å². The maximum atomic E-state index is 14.9. The number of carbonyl (C=O) groups excluding carboxylic acids is 2. The summed E-state index contributed by atoms with van der Waals surface area (Å²) in [6.07, 6.45) is -1.03. The molecule has 2 amide bonds. The minimum atomic E-state index is -0.556. The predicted octanol–water partition coefficient (Wildman–Crippen LogP) is 4.45. The molecule has 1 saturated heterocycles. The zero-order valence-corrected chi connectivity index (χ0v) is 19.5. The van der Waals surface area contributed by atoms with Crippen molar-refractivity contribution in [3.05, 3.63) is 77.0 Å². The van der Waals surface area contributed by atoms with Crippen LogP contribution in [0.3, 0.4) is 0 Å². The number of nitrogens with zero attached hydrogens (tertiary/aromatic N) is 1. The van der Waals surface area contributed by atoms with E-state index in [-0.39, 0.29) is 19.0 Å². The summed E-state index contributed by atoms with van der Waals surface area (Å²) in [5.41, 5.74) is 3.83. The Bertz CT molecular complexity index is 1170. The first-order chi connectivity index (χ1) is 16.3. The van der Waals surface area contributed by atoms with E-state index in [1.54, 1.807) is 12.1 Å². The highest BCUT2D eigenvalue weighted by Crippen LogP contribution is 2.29. The lowest BCUT2D eigenvalue weighted by Crippen LogP contribution is -2.33. The topological polar surface area (TPSA) is 83.8 Å². The van der Waals surface area contributed by atoms with Crippen LogP contribution in [0.25, 0.3) is 11.1 Å². The number of hydrogen-bond acceptors (Lipinski definition) is 5. The van der Waals surface area contributed by atoms with Crippen LogP contribution in [-0.2, 0) is 22.6 Å². The molecule has 2 N–H and O–H groups in total. The molecule has 2 aromatic carbocycles. The normalized spacial score (nSPS) is 15.5. The van der Waals surface area contributed by atoms with Crippen LogP contribution < -0.4 is 15.5 Å². The van der Waals surface area contributed by atoms with E-state index in [9.17, 15) is 14.0 Å². The number of cyclic esters (lactones) is 1. The molecular weight excluding hydrogens is 437 g/mol. The summed E-state index contributed by atoms with van der Waals surface area (Å²) in [6.45, 7) is 7.14. The van der Waals surface area contributed by atoms with E-state index in [0.717, 1.165) is 28.2 Å². The first kappa shape index (κ1) is 23.5. The van der Waals surface area contributed by atoms with Crippen LogP contribution in [0.15, 0.2) is 52.9 Å². The second kappa shape index (κ2) is 10.1. The first-order valence-corrected chi connectivity index (χ1v) is 11.2. The number of benzene rings is 2. The number of anilines is 1. The molecule has 0 aliphatic carbocycles. The van der Waals surface area contributed by atoms with E-state index >= 15 is 0 Å². The van der Waals surface area contributed by atoms with Gasteiger partial charge >= 0.3 is 6.09 Å². The number of carbonyl (C=O) groups is 2. The molecule has 0 unspecified atom stereocenters. The Labute approximate surface area is 197 Å². The average Bonchev–Trinajstić information content (AvgIpc) is 3.33. The Morgan fingerprint density at radius 3 is 2.53 bits per heavy atom. The number of ether oxygens (including phenoxy) is 1. The number of aryl methyl sites for hydroxylation is 2. The molecule has 4 rings (SSSR count). The van der Waals surface area contributed by atoms with Gasteiger partial charge < -0.3 is 19.8 Å². The molecule has 3 aromatic rings. The van der Waals surface area contributed by atoms with Crippen LogP contribution >= 0.6 is 0 Å². The van der Waals surface area contributed by atoms with Crippen LogP contribution in [-0.4, -0.2) is 31.2 Å². The summed E-state index contributed by atoms with van der Waals surface area (Å²) in [4.78, 5) is 24.6. The third-order valence-electron chi connectivity index (χ3n) is 5.83. The lowest BCUT2D eigenvalue weighted by molar-refractivity contribution is -0.119. The average molecular weight is 466 g/mol. The van der Waals surface area contributed by atoms with E-state index in [1.165, 1.54) is 17.9 Å². The summed E-state index contributed by atoms with van der Waals surface area (Å²) in [7, 11) is 0. The number of hydrogen-bond donors (Lipinski definition) is 2. The minimum Gasteiger partial charge on any atom is -0.465 e. The van der Waals surface area contributed by atoms with E-state index in [0.29, 0.717) is 24.3 Å². The highest BCUT2D eigenvalue weighted by atomic mass is 19.1. The Kier molecular flexibility index (Phi) is 6.98. The SMILES string of the molecule is CC(=O)NC[C@H]1CN(c2ccc(-c3ccc(CNCc4cc(C)c(C)o4)cc3)c(F)c2)C(=O)O1. The summed E-state index contributed by atoms with van der Waals surface area (Å²) < 4.78 is 25.9. The van der Waals surface area contributed by atoms with E-state index in [1.807, 2.05) is 44.2 Å². The largest absolute Gasteiger partial charge is 0.465 e.